The van der Waals surface area contributed by atoms with Gasteiger partial charge >= 0.3 is 0 Å². The van der Waals surface area contributed by atoms with Crippen LogP contribution in [-0.4, -0.2) is 23.8 Å². The summed E-state index contributed by atoms with van der Waals surface area (Å²) in [7, 11) is 0. The van der Waals surface area contributed by atoms with E-state index in [4.69, 9.17) is 11.6 Å². The van der Waals surface area contributed by atoms with Crippen molar-refractivity contribution in [1.82, 2.24) is 10.3 Å². The number of thioether (sulfide) groups is 1. The quantitative estimate of drug-likeness (QED) is 0.460. The van der Waals surface area contributed by atoms with E-state index in [0.29, 0.717) is 0 Å². The molecule has 0 spiro atoms. The summed E-state index contributed by atoms with van der Waals surface area (Å²) >= 11 is 7.60. The molecule has 0 atom stereocenters. The number of halogens is 1. The zero-order valence-electron chi connectivity index (χ0n) is 7.87. The second kappa shape index (κ2) is 6.87. The molecule has 0 aliphatic heterocycles. The molecule has 0 saturated heterocycles. The number of aromatic nitrogens is 1. The van der Waals surface area contributed by atoms with Gasteiger partial charge in [0, 0.05) is 25.0 Å². The van der Waals surface area contributed by atoms with Crippen LogP contribution in [0.3, 0.4) is 0 Å². The molecule has 2 nitrogen and oxygen atoms in total. The van der Waals surface area contributed by atoms with Gasteiger partial charge in [-0.05, 0) is 12.1 Å². The summed E-state index contributed by atoms with van der Waals surface area (Å²) in [5.74, 6) is 0.963. The van der Waals surface area contributed by atoms with Gasteiger partial charge in [0.25, 0.3) is 0 Å². The van der Waals surface area contributed by atoms with Crippen LogP contribution in [0.25, 0.3) is 0 Å². The first kappa shape index (κ1) is 11.6. The van der Waals surface area contributed by atoms with Crippen molar-refractivity contribution in [2.75, 3.05) is 18.8 Å². The molecule has 0 radical (unpaired) electrons. The third kappa shape index (κ3) is 4.13. The molecule has 0 aromatic carbocycles. The second-order valence-corrected chi connectivity index (χ2v) is 4.12. The van der Waals surface area contributed by atoms with Crippen molar-refractivity contribution in [2.45, 2.75) is 5.03 Å². The highest BCUT2D eigenvalue weighted by Crippen LogP contribution is 2.23. The topological polar surface area (TPSA) is 24.9 Å². The fourth-order valence-corrected chi connectivity index (χ4v) is 1.97. The highest BCUT2D eigenvalue weighted by Gasteiger charge is 1.99. The largest absolute Gasteiger partial charge is 0.312 e. The SMILES string of the molecule is C=CCNCCSc1ncccc1Cl. The average Bonchev–Trinajstić information content (AvgIpc) is 2.20. The number of pyridine rings is 1. The van der Waals surface area contributed by atoms with E-state index in [2.05, 4.69) is 16.9 Å². The van der Waals surface area contributed by atoms with Gasteiger partial charge in [-0.1, -0.05) is 17.7 Å². The molecule has 1 rings (SSSR count). The van der Waals surface area contributed by atoms with E-state index >= 15 is 0 Å². The monoisotopic (exact) mass is 228 g/mol. The normalized spacial score (nSPS) is 10.1. The summed E-state index contributed by atoms with van der Waals surface area (Å²) < 4.78 is 0. The molecule has 0 aliphatic rings. The summed E-state index contributed by atoms with van der Waals surface area (Å²) in [6.45, 7) is 5.41. The average molecular weight is 229 g/mol. The van der Waals surface area contributed by atoms with Crippen LogP contribution in [0.4, 0.5) is 0 Å². The Morgan fingerprint density at radius 3 is 3.21 bits per heavy atom. The second-order valence-electron chi connectivity index (χ2n) is 2.63. The molecule has 1 aromatic heterocycles. The van der Waals surface area contributed by atoms with Crippen LogP contribution in [0.15, 0.2) is 36.0 Å². The van der Waals surface area contributed by atoms with Crippen molar-refractivity contribution < 1.29 is 0 Å². The van der Waals surface area contributed by atoms with Crippen molar-refractivity contribution in [3.05, 3.63) is 36.0 Å². The van der Waals surface area contributed by atoms with Crippen LogP contribution in [0.1, 0.15) is 0 Å². The van der Waals surface area contributed by atoms with Gasteiger partial charge < -0.3 is 5.32 Å². The van der Waals surface area contributed by atoms with E-state index < -0.39 is 0 Å². The Bertz CT molecular complexity index is 291. The molecule has 14 heavy (non-hydrogen) atoms. The lowest BCUT2D eigenvalue weighted by Crippen LogP contribution is -2.16. The fraction of sp³-hybridized carbons (Fsp3) is 0.300. The van der Waals surface area contributed by atoms with Crippen molar-refractivity contribution in [2.24, 2.45) is 0 Å². The van der Waals surface area contributed by atoms with E-state index in [-0.39, 0.29) is 0 Å². The first-order chi connectivity index (χ1) is 6.84. The predicted octanol–water partition coefficient (Wildman–Crippen LogP) is 2.60. The Balaban J connectivity index is 2.24. The fourth-order valence-electron chi connectivity index (χ4n) is 0.901. The van der Waals surface area contributed by atoms with Gasteiger partial charge in [0.1, 0.15) is 5.03 Å². The molecule has 1 N–H and O–H groups in total. The lowest BCUT2D eigenvalue weighted by Gasteiger charge is -2.02. The standard InChI is InChI=1S/C10H13ClN2S/c1-2-5-12-7-8-14-10-9(11)4-3-6-13-10/h2-4,6,12H,1,5,7-8H2. The maximum absolute atomic E-state index is 5.94. The Morgan fingerprint density at radius 2 is 2.50 bits per heavy atom. The summed E-state index contributed by atoms with van der Waals surface area (Å²) in [6.07, 6.45) is 3.60. The minimum atomic E-state index is 0.723. The zero-order chi connectivity index (χ0) is 10.2. The Kier molecular flexibility index (Phi) is 5.68. The lowest BCUT2D eigenvalue weighted by molar-refractivity contribution is 0.806. The molecule has 1 heterocycles. The molecule has 0 bridgehead atoms. The van der Waals surface area contributed by atoms with Gasteiger partial charge in [-0.3, -0.25) is 0 Å². The van der Waals surface area contributed by atoms with Crippen molar-refractivity contribution >= 4 is 23.4 Å². The zero-order valence-corrected chi connectivity index (χ0v) is 9.44. The van der Waals surface area contributed by atoms with Crippen LogP contribution < -0.4 is 5.32 Å². The van der Waals surface area contributed by atoms with E-state index in [1.165, 1.54) is 0 Å². The molecule has 0 aliphatic carbocycles. The minimum absolute atomic E-state index is 0.723. The van der Waals surface area contributed by atoms with Crippen LogP contribution in [0, 0.1) is 0 Å². The van der Waals surface area contributed by atoms with E-state index in [9.17, 15) is 0 Å². The Morgan fingerprint density at radius 1 is 1.64 bits per heavy atom. The van der Waals surface area contributed by atoms with E-state index in [0.717, 1.165) is 28.9 Å². The summed E-state index contributed by atoms with van der Waals surface area (Å²) in [4.78, 5) is 4.18. The van der Waals surface area contributed by atoms with Crippen molar-refractivity contribution in [3.8, 4) is 0 Å². The number of rotatable bonds is 6. The predicted molar refractivity (Wildman–Crippen MR) is 63.0 cm³/mol. The highest BCUT2D eigenvalue weighted by molar-refractivity contribution is 7.99. The molecule has 0 fully saturated rings. The number of nitrogens with one attached hydrogen (secondary N) is 1. The third-order valence-corrected chi connectivity index (χ3v) is 2.96. The molecule has 0 amide bonds. The molecule has 1 aromatic rings. The van der Waals surface area contributed by atoms with Crippen LogP contribution in [-0.2, 0) is 0 Å². The lowest BCUT2D eigenvalue weighted by atomic mass is 10.5. The smallest absolute Gasteiger partial charge is 0.115 e. The maximum Gasteiger partial charge on any atom is 0.115 e. The minimum Gasteiger partial charge on any atom is -0.312 e. The van der Waals surface area contributed by atoms with Gasteiger partial charge in [0.05, 0.1) is 5.02 Å². The molecule has 0 saturated carbocycles. The van der Waals surface area contributed by atoms with E-state index in [1.807, 2.05) is 18.2 Å². The summed E-state index contributed by atoms with van der Waals surface area (Å²) in [5, 5.41) is 4.84. The van der Waals surface area contributed by atoms with Gasteiger partial charge in [-0.2, -0.15) is 0 Å². The summed E-state index contributed by atoms with van der Waals surface area (Å²) in [5.41, 5.74) is 0. The van der Waals surface area contributed by atoms with E-state index in [1.54, 1.807) is 18.0 Å². The molecular weight excluding hydrogens is 216 g/mol. The first-order valence-corrected chi connectivity index (χ1v) is 5.76. The van der Waals surface area contributed by atoms with Crippen LogP contribution in [0.5, 0.6) is 0 Å². The molecule has 4 heteroatoms. The molecule has 76 valence electrons. The van der Waals surface area contributed by atoms with Gasteiger partial charge in [0.2, 0.25) is 0 Å². The Labute approximate surface area is 93.8 Å². The van der Waals surface area contributed by atoms with Crippen molar-refractivity contribution in [3.63, 3.8) is 0 Å². The van der Waals surface area contributed by atoms with Crippen LogP contribution in [0.2, 0.25) is 5.02 Å². The number of hydrogen-bond acceptors (Lipinski definition) is 3. The van der Waals surface area contributed by atoms with Gasteiger partial charge in [-0.25, -0.2) is 4.98 Å². The maximum atomic E-state index is 5.94. The first-order valence-electron chi connectivity index (χ1n) is 4.39. The van der Waals surface area contributed by atoms with Crippen molar-refractivity contribution in [1.29, 1.82) is 0 Å². The Hall–Kier alpha value is -0.510. The summed E-state index contributed by atoms with van der Waals surface area (Å²) in [6, 6.07) is 3.69. The third-order valence-electron chi connectivity index (χ3n) is 1.53. The number of hydrogen-bond donors (Lipinski definition) is 1. The molecule has 0 unspecified atom stereocenters. The van der Waals surface area contributed by atoms with Gasteiger partial charge in [-0.15, -0.1) is 18.3 Å². The van der Waals surface area contributed by atoms with Gasteiger partial charge in [0.15, 0.2) is 0 Å². The highest BCUT2D eigenvalue weighted by atomic mass is 35.5. The van der Waals surface area contributed by atoms with Crippen LogP contribution >= 0.6 is 23.4 Å². The molecular formula is C10H13ClN2S. The number of nitrogens with zero attached hydrogens (tertiary/aromatic N) is 1.